The fourth-order valence-corrected chi connectivity index (χ4v) is 1.88. The molecule has 0 aromatic carbocycles. The van der Waals surface area contributed by atoms with E-state index in [1.165, 1.54) is 0 Å². The van der Waals surface area contributed by atoms with Crippen molar-refractivity contribution in [2.24, 2.45) is 11.7 Å². The van der Waals surface area contributed by atoms with Gasteiger partial charge in [0.05, 0.1) is 6.10 Å². The number of nitrogens with two attached hydrogens (primary N) is 1. The molecular formula is C9H17NO3. The van der Waals surface area contributed by atoms with E-state index in [2.05, 4.69) is 0 Å². The first-order chi connectivity index (χ1) is 5.89. The van der Waals surface area contributed by atoms with Gasteiger partial charge in [-0.2, -0.15) is 0 Å². The summed E-state index contributed by atoms with van der Waals surface area (Å²) in [7, 11) is 0. The number of primary amides is 1. The number of carbonyl (C=O) groups excluding carboxylic acids is 1. The lowest BCUT2D eigenvalue weighted by Gasteiger charge is -2.36. The predicted octanol–water partition coefficient (Wildman–Crippen LogP) is 1.02. The Morgan fingerprint density at radius 2 is 2.15 bits per heavy atom. The van der Waals surface area contributed by atoms with E-state index < -0.39 is 11.7 Å². The van der Waals surface area contributed by atoms with Crippen molar-refractivity contribution >= 4 is 6.09 Å². The molecule has 0 saturated heterocycles. The Hall–Kier alpha value is -0.770. The number of hydrogen-bond donors (Lipinski definition) is 2. The van der Waals surface area contributed by atoms with Crippen LogP contribution in [0.15, 0.2) is 0 Å². The highest BCUT2D eigenvalue weighted by atomic mass is 16.6. The van der Waals surface area contributed by atoms with Crippen LogP contribution >= 0.6 is 0 Å². The molecule has 4 heteroatoms. The van der Waals surface area contributed by atoms with Crippen LogP contribution in [0.4, 0.5) is 4.79 Å². The van der Waals surface area contributed by atoms with Crippen LogP contribution in [0.25, 0.3) is 0 Å². The zero-order chi connectivity index (χ0) is 10.1. The molecule has 0 spiro atoms. The van der Waals surface area contributed by atoms with Gasteiger partial charge in [-0.25, -0.2) is 4.79 Å². The SMILES string of the molecule is CC(C)(C[C@H]1C[C@H](O)C1)OC(N)=O. The fraction of sp³-hybridized carbons (Fsp3) is 0.889. The van der Waals surface area contributed by atoms with Gasteiger partial charge in [-0.15, -0.1) is 0 Å². The van der Waals surface area contributed by atoms with Gasteiger partial charge >= 0.3 is 6.09 Å². The highest BCUT2D eigenvalue weighted by Crippen LogP contribution is 2.35. The summed E-state index contributed by atoms with van der Waals surface area (Å²) in [5.41, 5.74) is 4.43. The monoisotopic (exact) mass is 187 g/mol. The normalized spacial score (nSPS) is 27.9. The summed E-state index contributed by atoms with van der Waals surface area (Å²) in [4.78, 5) is 10.5. The zero-order valence-corrected chi connectivity index (χ0v) is 8.12. The fourth-order valence-electron chi connectivity index (χ4n) is 1.88. The largest absolute Gasteiger partial charge is 0.444 e. The van der Waals surface area contributed by atoms with E-state index in [-0.39, 0.29) is 6.10 Å². The molecule has 1 rings (SSSR count). The average Bonchev–Trinajstić information content (AvgIpc) is 1.79. The first-order valence-electron chi connectivity index (χ1n) is 4.55. The van der Waals surface area contributed by atoms with E-state index in [1.807, 2.05) is 13.8 Å². The second-order valence-electron chi connectivity index (χ2n) is 4.38. The van der Waals surface area contributed by atoms with Crippen LogP contribution in [0.5, 0.6) is 0 Å². The summed E-state index contributed by atoms with van der Waals surface area (Å²) >= 11 is 0. The minimum atomic E-state index is -0.732. The van der Waals surface area contributed by atoms with Gasteiger partial charge in [0, 0.05) is 0 Å². The van der Waals surface area contributed by atoms with Crippen LogP contribution in [-0.4, -0.2) is 22.9 Å². The zero-order valence-electron chi connectivity index (χ0n) is 8.12. The van der Waals surface area contributed by atoms with Crippen molar-refractivity contribution in [1.29, 1.82) is 0 Å². The quantitative estimate of drug-likeness (QED) is 0.692. The van der Waals surface area contributed by atoms with Crippen molar-refractivity contribution in [1.82, 2.24) is 0 Å². The minimum absolute atomic E-state index is 0.158. The summed E-state index contributed by atoms with van der Waals surface area (Å²) < 4.78 is 4.94. The van der Waals surface area contributed by atoms with Crippen molar-refractivity contribution in [3.63, 3.8) is 0 Å². The van der Waals surface area contributed by atoms with Gasteiger partial charge in [0.15, 0.2) is 0 Å². The summed E-state index contributed by atoms with van der Waals surface area (Å²) in [5, 5.41) is 9.06. The molecule has 1 saturated carbocycles. The van der Waals surface area contributed by atoms with Crippen LogP contribution in [-0.2, 0) is 4.74 Å². The molecule has 0 atom stereocenters. The molecule has 1 amide bonds. The molecule has 13 heavy (non-hydrogen) atoms. The third kappa shape index (κ3) is 3.22. The number of amides is 1. The molecule has 1 fully saturated rings. The Bertz CT molecular complexity index is 197. The molecule has 0 aliphatic heterocycles. The maximum absolute atomic E-state index is 10.5. The molecule has 0 heterocycles. The predicted molar refractivity (Wildman–Crippen MR) is 48.1 cm³/mol. The lowest BCUT2D eigenvalue weighted by Crippen LogP contribution is -2.38. The molecule has 0 aromatic heterocycles. The second-order valence-corrected chi connectivity index (χ2v) is 4.38. The van der Waals surface area contributed by atoms with Crippen molar-refractivity contribution in [2.45, 2.75) is 44.8 Å². The Balaban J connectivity index is 2.29. The number of hydrogen-bond acceptors (Lipinski definition) is 3. The molecule has 4 nitrogen and oxygen atoms in total. The summed E-state index contributed by atoms with van der Waals surface area (Å²) in [5.74, 6) is 0.462. The Morgan fingerprint density at radius 1 is 1.62 bits per heavy atom. The van der Waals surface area contributed by atoms with Crippen LogP contribution < -0.4 is 5.73 Å². The van der Waals surface area contributed by atoms with Crippen LogP contribution in [0, 0.1) is 5.92 Å². The van der Waals surface area contributed by atoms with Crippen LogP contribution in [0.3, 0.4) is 0 Å². The van der Waals surface area contributed by atoms with Crippen molar-refractivity contribution in [3.8, 4) is 0 Å². The second kappa shape index (κ2) is 3.54. The molecule has 0 aromatic rings. The number of aliphatic hydroxyl groups is 1. The van der Waals surface area contributed by atoms with E-state index in [9.17, 15) is 4.79 Å². The highest BCUT2D eigenvalue weighted by Gasteiger charge is 2.34. The first-order valence-corrected chi connectivity index (χ1v) is 4.55. The molecule has 0 unspecified atom stereocenters. The summed E-state index contributed by atoms with van der Waals surface area (Å²) in [6, 6.07) is 0. The van der Waals surface area contributed by atoms with E-state index in [1.54, 1.807) is 0 Å². The van der Waals surface area contributed by atoms with Crippen LogP contribution in [0.2, 0.25) is 0 Å². The van der Waals surface area contributed by atoms with Gasteiger partial charge in [-0.05, 0) is 39.0 Å². The minimum Gasteiger partial charge on any atom is -0.444 e. The van der Waals surface area contributed by atoms with Gasteiger partial charge in [-0.3, -0.25) is 0 Å². The molecule has 76 valence electrons. The summed E-state index contributed by atoms with van der Waals surface area (Å²) in [6.07, 6.45) is 1.50. The molecule has 0 radical (unpaired) electrons. The van der Waals surface area contributed by atoms with Crippen molar-refractivity contribution < 1.29 is 14.6 Å². The lowest BCUT2D eigenvalue weighted by atomic mass is 9.76. The van der Waals surface area contributed by atoms with E-state index in [0.717, 1.165) is 19.3 Å². The third-order valence-electron chi connectivity index (χ3n) is 2.37. The lowest BCUT2D eigenvalue weighted by molar-refractivity contribution is -0.0211. The van der Waals surface area contributed by atoms with E-state index in [0.29, 0.717) is 5.92 Å². The van der Waals surface area contributed by atoms with E-state index >= 15 is 0 Å². The number of carbonyl (C=O) groups is 1. The summed E-state index contributed by atoms with van der Waals surface area (Å²) in [6.45, 7) is 3.67. The molecule has 1 aliphatic rings. The maximum Gasteiger partial charge on any atom is 0.405 e. The van der Waals surface area contributed by atoms with Gasteiger partial charge in [0.25, 0.3) is 0 Å². The molecule has 0 bridgehead atoms. The molecule has 3 N–H and O–H groups in total. The number of ether oxygens (including phenoxy) is 1. The molecule has 1 aliphatic carbocycles. The highest BCUT2D eigenvalue weighted by molar-refractivity contribution is 5.65. The van der Waals surface area contributed by atoms with Crippen molar-refractivity contribution in [3.05, 3.63) is 0 Å². The van der Waals surface area contributed by atoms with Crippen molar-refractivity contribution in [2.75, 3.05) is 0 Å². The van der Waals surface area contributed by atoms with Gasteiger partial charge in [0.2, 0.25) is 0 Å². The Labute approximate surface area is 78.1 Å². The average molecular weight is 187 g/mol. The first kappa shape index (κ1) is 10.3. The van der Waals surface area contributed by atoms with Gasteiger partial charge in [0.1, 0.15) is 5.60 Å². The standard InChI is InChI=1S/C9H17NO3/c1-9(2,13-8(10)12)5-6-3-7(11)4-6/h6-7,11H,3-5H2,1-2H3,(H2,10,12)/t6-,7-. The van der Waals surface area contributed by atoms with E-state index in [4.69, 9.17) is 15.6 Å². The number of aliphatic hydroxyl groups excluding tert-OH is 1. The number of rotatable bonds is 3. The Kier molecular flexibility index (Phi) is 2.81. The topological polar surface area (TPSA) is 72.6 Å². The third-order valence-corrected chi connectivity index (χ3v) is 2.37. The van der Waals surface area contributed by atoms with Gasteiger partial charge < -0.3 is 15.6 Å². The molecular weight excluding hydrogens is 170 g/mol. The smallest absolute Gasteiger partial charge is 0.405 e. The van der Waals surface area contributed by atoms with Crippen LogP contribution in [0.1, 0.15) is 33.1 Å². The maximum atomic E-state index is 10.5. The van der Waals surface area contributed by atoms with Gasteiger partial charge in [-0.1, -0.05) is 0 Å². The Morgan fingerprint density at radius 3 is 2.54 bits per heavy atom.